The molecule has 0 bridgehead atoms. The van der Waals surface area contributed by atoms with Crippen molar-refractivity contribution < 1.29 is 4.52 Å². The molecule has 0 saturated carbocycles. The van der Waals surface area contributed by atoms with Crippen LogP contribution < -0.4 is 5.73 Å². The van der Waals surface area contributed by atoms with Crippen LogP contribution in [0.25, 0.3) is 0 Å². The highest BCUT2D eigenvalue weighted by molar-refractivity contribution is 7.99. The first kappa shape index (κ1) is 13.5. The van der Waals surface area contributed by atoms with Gasteiger partial charge in [-0.05, 0) is 17.6 Å². The molecule has 1 unspecified atom stereocenters. The average Bonchev–Trinajstić information content (AvgIpc) is 2.61. The second-order valence-corrected chi connectivity index (χ2v) is 6.21. The number of rotatable bonds is 6. The van der Waals surface area contributed by atoms with Gasteiger partial charge in [-0.25, -0.2) is 0 Å². The molecule has 92 valence electrons. The van der Waals surface area contributed by atoms with E-state index in [2.05, 4.69) is 37.8 Å². The van der Waals surface area contributed by atoms with Crippen LogP contribution in [0.1, 0.15) is 51.9 Å². The summed E-state index contributed by atoms with van der Waals surface area (Å²) < 4.78 is 5.16. The predicted molar refractivity (Wildman–Crippen MR) is 67.1 cm³/mol. The Labute approximate surface area is 101 Å². The number of hydrogen-bond donors (Lipinski definition) is 1. The molecular formula is C11H21N3OS. The smallest absolute Gasteiger partial charge is 0.243 e. The van der Waals surface area contributed by atoms with E-state index < -0.39 is 0 Å². The van der Waals surface area contributed by atoms with Crippen molar-refractivity contribution in [2.75, 3.05) is 0 Å². The van der Waals surface area contributed by atoms with E-state index >= 15 is 0 Å². The van der Waals surface area contributed by atoms with E-state index in [1.807, 2.05) is 0 Å². The third-order valence-corrected chi connectivity index (χ3v) is 3.16. The van der Waals surface area contributed by atoms with Crippen molar-refractivity contribution in [3.05, 3.63) is 11.7 Å². The zero-order valence-electron chi connectivity index (χ0n) is 10.4. The van der Waals surface area contributed by atoms with Gasteiger partial charge in [0, 0.05) is 0 Å². The maximum atomic E-state index is 5.96. The highest BCUT2D eigenvalue weighted by atomic mass is 32.2. The maximum Gasteiger partial charge on any atom is 0.243 e. The van der Waals surface area contributed by atoms with Gasteiger partial charge in [0.2, 0.25) is 5.89 Å². The summed E-state index contributed by atoms with van der Waals surface area (Å²) in [6.45, 7) is 8.56. The highest BCUT2D eigenvalue weighted by Gasteiger charge is 2.16. The zero-order valence-corrected chi connectivity index (χ0v) is 11.3. The van der Waals surface area contributed by atoms with Crippen LogP contribution in [0.15, 0.2) is 4.52 Å². The Balaban J connectivity index is 2.50. The summed E-state index contributed by atoms with van der Waals surface area (Å²) >= 11 is 1.80. The van der Waals surface area contributed by atoms with Crippen LogP contribution in [0, 0.1) is 5.92 Å². The van der Waals surface area contributed by atoms with E-state index in [1.54, 1.807) is 11.8 Å². The first-order valence-electron chi connectivity index (χ1n) is 5.68. The zero-order chi connectivity index (χ0) is 12.1. The summed E-state index contributed by atoms with van der Waals surface area (Å²) in [5.41, 5.74) is 5.96. The van der Waals surface area contributed by atoms with Gasteiger partial charge in [0.05, 0.1) is 11.8 Å². The largest absolute Gasteiger partial charge is 0.338 e. The molecule has 0 radical (unpaired) electrons. The fraction of sp³-hybridized carbons (Fsp3) is 0.818. The Morgan fingerprint density at radius 2 is 2.00 bits per heavy atom. The van der Waals surface area contributed by atoms with Gasteiger partial charge in [-0.2, -0.15) is 16.7 Å². The minimum absolute atomic E-state index is 0.134. The lowest BCUT2D eigenvalue weighted by atomic mass is 10.0. The van der Waals surface area contributed by atoms with Gasteiger partial charge in [-0.15, -0.1) is 0 Å². The van der Waals surface area contributed by atoms with E-state index in [0.29, 0.717) is 17.1 Å². The number of aromatic nitrogens is 2. The van der Waals surface area contributed by atoms with Crippen LogP contribution in [-0.2, 0) is 5.75 Å². The molecule has 1 rings (SSSR count). The Hall–Kier alpha value is -0.550. The Bertz CT molecular complexity index is 312. The molecule has 2 N–H and O–H groups in total. The molecule has 0 amide bonds. The Kier molecular flexibility index (Phi) is 5.28. The van der Waals surface area contributed by atoms with Crippen LogP contribution in [0.2, 0.25) is 0 Å². The normalized spacial score (nSPS) is 13.7. The lowest BCUT2D eigenvalue weighted by Gasteiger charge is -2.08. The Morgan fingerprint density at radius 3 is 2.56 bits per heavy atom. The predicted octanol–water partition coefficient (Wildman–Crippen LogP) is 2.76. The third-order valence-electron chi connectivity index (χ3n) is 2.07. The lowest BCUT2D eigenvalue weighted by molar-refractivity contribution is 0.333. The van der Waals surface area contributed by atoms with Crippen molar-refractivity contribution in [1.29, 1.82) is 0 Å². The topological polar surface area (TPSA) is 64.9 Å². The molecule has 5 heteroatoms. The van der Waals surface area contributed by atoms with Gasteiger partial charge in [-0.1, -0.05) is 32.9 Å². The number of nitrogens with zero attached hydrogens (tertiary/aromatic N) is 2. The maximum absolute atomic E-state index is 5.96. The van der Waals surface area contributed by atoms with Crippen LogP contribution in [0.5, 0.6) is 0 Å². The molecule has 1 atom stereocenters. The third kappa shape index (κ3) is 4.53. The van der Waals surface area contributed by atoms with Crippen molar-refractivity contribution >= 4 is 11.8 Å². The van der Waals surface area contributed by atoms with Crippen LogP contribution in [0.3, 0.4) is 0 Å². The van der Waals surface area contributed by atoms with Crippen LogP contribution >= 0.6 is 11.8 Å². The molecule has 0 aliphatic heterocycles. The van der Waals surface area contributed by atoms with Crippen LogP contribution in [-0.4, -0.2) is 15.4 Å². The molecule has 0 aromatic carbocycles. The quantitative estimate of drug-likeness (QED) is 0.832. The summed E-state index contributed by atoms with van der Waals surface area (Å²) in [5.74, 6) is 2.63. The second kappa shape index (κ2) is 6.25. The summed E-state index contributed by atoms with van der Waals surface area (Å²) in [7, 11) is 0. The van der Waals surface area contributed by atoms with Gasteiger partial charge in [0.15, 0.2) is 5.82 Å². The summed E-state index contributed by atoms with van der Waals surface area (Å²) in [6, 6.07) is -0.134. The SMILES string of the molecule is CC(C)CC(N)c1nc(CSC(C)C)no1. The van der Waals surface area contributed by atoms with E-state index in [0.717, 1.165) is 18.0 Å². The fourth-order valence-electron chi connectivity index (χ4n) is 1.33. The van der Waals surface area contributed by atoms with Crippen molar-refractivity contribution in [1.82, 2.24) is 10.1 Å². The highest BCUT2D eigenvalue weighted by Crippen LogP contribution is 2.19. The standard InChI is InChI=1S/C11H21N3OS/c1-7(2)5-9(12)11-13-10(14-15-11)6-16-8(3)4/h7-9H,5-6,12H2,1-4H3. The van der Waals surface area contributed by atoms with E-state index in [1.165, 1.54) is 0 Å². The molecule has 1 aromatic heterocycles. The fourth-order valence-corrected chi connectivity index (χ4v) is 1.93. The van der Waals surface area contributed by atoms with Gasteiger partial charge >= 0.3 is 0 Å². The molecule has 0 aliphatic carbocycles. The Morgan fingerprint density at radius 1 is 1.31 bits per heavy atom. The summed E-state index contributed by atoms with van der Waals surface area (Å²) in [5, 5.41) is 4.50. The molecular weight excluding hydrogens is 222 g/mol. The van der Waals surface area contributed by atoms with Gasteiger partial charge in [-0.3, -0.25) is 0 Å². The monoisotopic (exact) mass is 243 g/mol. The van der Waals surface area contributed by atoms with Gasteiger partial charge in [0.1, 0.15) is 0 Å². The molecule has 0 spiro atoms. The molecule has 0 saturated heterocycles. The van der Waals surface area contributed by atoms with Crippen LogP contribution in [0.4, 0.5) is 0 Å². The van der Waals surface area contributed by atoms with Crippen molar-refractivity contribution in [3.63, 3.8) is 0 Å². The first-order chi connectivity index (χ1) is 7.49. The summed E-state index contributed by atoms with van der Waals surface area (Å²) in [6.07, 6.45) is 0.874. The second-order valence-electron chi connectivity index (χ2n) is 4.64. The van der Waals surface area contributed by atoms with Crippen molar-refractivity contribution in [2.45, 2.75) is 51.2 Å². The molecule has 0 fully saturated rings. The number of hydrogen-bond acceptors (Lipinski definition) is 5. The van der Waals surface area contributed by atoms with Gasteiger partial charge in [0.25, 0.3) is 0 Å². The summed E-state index contributed by atoms with van der Waals surface area (Å²) in [4.78, 5) is 4.31. The lowest BCUT2D eigenvalue weighted by Crippen LogP contribution is -2.13. The van der Waals surface area contributed by atoms with E-state index in [4.69, 9.17) is 10.3 Å². The van der Waals surface area contributed by atoms with E-state index in [9.17, 15) is 0 Å². The number of nitrogens with two attached hydrogens (primary N) is 1. The van der Waals surface area contributed by atoms with Crippen molar-refractivity contribution in [3.8, 4) is 0 Å². The molecule has 16 heavy (non-hydrogen) atoms. The average molecular weight is 243 g/mol. The van der Waals surface area contributed by atoms with E-state index in [-0.39, 0.29) is 6.04 Å². The van der Waals surface area contributed by atoms with Crippen molar-refractivity contribution in [2.24, 2.45) is 11.7 Å². The minimum Gasteiger partial charge on any atom is -0.338 e. The molecule has 0 aliphatic rings. The van der Waals surface area contributed by atoms with Gasteiger partial charge < -0.3 is 10.3 Å². The minimum atomic E-state index is -0.134. The number of thioether (sulfide) groups is 1. The molecule has 1 heterocycles. The molecule has 4 nitrogen and oxygen atoms in total. The first-order valence-corrected chi connectivity index (χ1v) is 6.73. The molecule has 1 aromatic rings.